The molecule has 1 saturated heterocycles. The van der Waals surface area contributed by atoms with Crippen molar-refractivity contribution < 1.29 is 14.1 Å². The number of esters is 1. The fraction of sp³-hybridized carbons (Fsp3) is 0.500. The Labute approximate surface area is 175 Å². The number of hydrogen-bond donors (Lipinski definition) is 1. The molecule has 9 heteroatoms. The highest BCUT2D eigenvalue weighted by molar-refractivity contribution is 6.30. The minimum Gasteiger partial charge on any atom is -0.466 e. The maximum Gasteiger partial charge on any atom is 0.310 e. The van der Waals surface area contributed by atoms with E-state index < -0.39 is 0 Å². The van der Waals surface area contributed by atoms with E-state index in [4.69, 9.17) is 20.9 Å². The molecule has 0 saturated carbocycles. The van der Waals surface area contributed by atoms with Gasteiger partial charge in [0.15, 0.2) is 5.96 Å². The van der Waals surface area contributed by atoms with E-state index >= 15 is 0 Å². The van der Waals surface area contributed by atoms with Crippen LogP contribution in [0.3, 0.4) is 0 Å². The van der Waals surface area contributed by atoms with E-state index in [1.165, 1.54) is 0 Å². The van der Waals surface area contributed by atoms with E-state index in [1.54, 1.807) is 19.2 Å². The van der Waals surface area contributed by atoms with Crippen LogP contribution in [0.25, 0.3) is 11.4 Å². The van der Waals surface area contributed by atoms with Gasteiger partial charge in [0.05, 0.1) is 12.5 Å². The van der Waals surface area contributed by atoms with Crippen molar-refractivity contribution in [2.75, 3.05) is 33.3 Å². The highest BCUT2D eigenvalue weighted by Gasteiger charge is 2.28. The van der Waals surface area contributed by atoms with Crippen molar-refractivity contribution in [3.05, 3.63) is 35.2 Å². The zero-order valence-corrected chi connectivity index (χ0v) is 17.5. The third-order valence-corrected chi connectivity index (χ3v) is 4.96. The summed E-state index contributed by atoms with van der Waals surface area (Å²) in [6.07, 6.45) is 2.33. The maximum absolute atomic E-state index is 12.0. The average molecular weight is 420 g/mol. The third-order valence-electron chi connectivity index (χ3n) is 4.73. The number of aliphatic imine (C=N–C) groups is 1. The number of halogens is 1. The molecule has 1 aliphatic rings. The zero-order valence-electron chi connectivity index (χ0n) is 16.7. The van der Waals surface area contributed by atoms with Crippen molar-refractivity contribution in [3.8, 4) is 11.4 Å². The summed E-state index contributed by atoms with van der Waals surface area (Å²) < 4.78 is 10.5. The number of rotatable bonds is 6. The van der Waals surface area contributed by atoms with Gasteiger partial charge >= 0.3 is 5.97 Å². The van der Waals surface area contributed by atoms with Crippen LogP contribution in [0.2, 0.25) is 5.02 Å². The van der Waals surface area contributed by atoms with Crippen LogP contribution >= 0.6 is 11.6 Å². The number of ether oxygens (including phenoxy) is 1. The van der Waals surface area contributed by atoms with Crippen molar-refractivity contribution in [1.82, 2.24) is 20.4 Å². The van der Waals surface area contributed by atoms with Crippen molar-refractivity contribution in [1.29, 1.82) is 0 Å². The average Bonchev–Trinajstić information content (AvgIpc) is 3.20. The summed E-state index contributed by atoms with van der Waals surface area (Å²) in [5, 5.41) is 7.96. The molecule has 2 aromatic rings. The van der Waals surface area contributed by atoms with E-state index in [0.29, 0.717) is 42.9 Å². The van der Waals surface area contributed by atoms with Crippen molar-refractivity contribution in [3.63, 3.8) is 0 Å². The lowest BCUT2D eigenvalue weighted by atomic mass is 9.98. The molecule has 1 unspecified atom stereocenters. The lowest BCUT2D eigenvalue weighted by molar-refractivity contribution is -0.149. The van der Waals surface area contributed by atoms with Gasteiger partial charge in [0.2, 0.25) is 11.7 Å². The summed E-state index contributed by atoms with van der Waals surface area (Å²) in [4.78, 5) is 22.9. The molecule has 1 N–H and O–H groups in total. The number of benzene rings is 1. The number of nitrogens with zero attached hydrogens (tertiary/aromatic N) is 4. The number of carbonyl (C=O) groups is 1. The van der Waals surface area contributed by atoms with E-state index in [0.717, 1.165) is 30.9 Å². The molecule has 3 rings (SSSR count). The number of hydrogen-bond acceptors (Lipinski definition) is 6. The second-order valence-electron chi connectivity index (χ2n) is 6.78. The molecular formula is C20H26ClN5O3. The highest BCUT2D eigenvalue weighted by atomic mass is 35.5. The topological polar surface area (TPSA) is 92.8 Å². The quantitative estimate of drug-likeness (QED) is 0.437. The molecule has 1 aliphatic heterocycles. The Balaban J connectivity index is 1.52. The van der Waals surface area contributed by atoms with Gasteiger partial charge in [-0.05, 0) is 31.9 Å². The molecule has 0 bridgehead atoms. The van der Waals surface area contributed by atoms with Crippen LogP contribution in [0.5, 0.6) is 0 Å². The smallest absolute Gasteiger partial charge is 0.310 e. The summed E-state index contributed by atoms with van der Waals surface area (Å²) in [5.74, 6) is 1.56. The molecule has 1 aromatic carbocycles. The van der Waals surface area contributed by atoms with Gasteiger partial charge < -0.3 is 19.5 Å². The Hall–Kier alpha value is -2.61. The first-order valence-corrected chi connectivity index (χ1v) is 10.2. The molecule has 1 fully saturated rings. The second-order valence-corrected chi connectivity index (χ2v) is 7.22. The van der Waals surface area contributed by atoms with E-state index in [1.807, 2.05) is 19.1 Å². The lowest BCUT2D eigenvalue weighted by Gasteiger charge is -2.33. The first-order chi connectivity index (χ1) is 14.1. The van der Waals surface area contributed by atoms with E-state index in [-0.39, 0.29) is 11.9 Å². The Morgan fingerprint density at radius 1 is 1.48 bits per heavy atom. The van der Waals surface area contributed by atoms with Crippen molar-refractivity contribution in [2.45, 2.75) is 26.2 Å². The summed E-state index contributed by atoms with van der Waals surface area (Å²) in [6, 6.07) is 7.33. The summed E-state index contributed by atoms with van der Waals surface area (Å²) >= 11 is 6.01. The highest BCUT2D eigenvalue weighted by Crippen LogP contribution is 2.20. The summed E-state index contributed by atoms with van der Waals surface area (Å²) in [7, 11) is 1.74. The SMILES string of the molecule is CCOC(=O)C1CCCN(C(=NC)NCCc2nc(-c3cccc(Cl)c3)no2)C1. The normalized spacial score (nSPS) is 17.3. The largest absolute Gasteiger partial charge is 0.466 e. The molecule has 29 heavy (non-hydrogen) atoms. The monoisotopic (exact) mass is 419 g/mol. The Morgan fingerprint density at radius 2 is 2.34 bits per heavy atom. The van der Waals surface area contributed by atoms with Crippen LogP contribution in [0.15, 0.2) is 33.8 Å². The number of nitrogens with one attached hydrogen (secondary N) is 1. The van der Waals surface area contributed by atoms with Gasteiger partial charge in [-0.1, -0.05) is 28.9 Å². The third kappa shape index (κ3) is 5.69. The number of guanidine groups is 1. The standard InChI is InChI=1S/C20H26ClN5O3/c1-3-28-19(27)15-7-5-11-26(13-15)20(22-2)23-10-9-17-24-18(25-29-17)14-6-4-8-16(21)12-14/h4,6,8,12,15H,3,5,7,9-11,13H2,1-2H3,(H,22,23). The van der Waals surface area contributed by atoms with Crippen LogP contribution in [-0.4, -0.2) is 60.3 Å². The predicted molar refractivity (Wildman–Crippen MR) is 111 cm³/mol. The molecule has 0 amide bonds. The number of piperidine rings is 1. The molecule has 8 nitrogen and oxygen atoms in total. The van der Waals surface area contributed by atoms with Crippen molar-refractivity contribution >= 4 is 23.5 Å². The molecule has 1 aromatic heterocycles. The van der Waals surface area contributed by atoms with Gasteiger partial charge in [0.25, 0.3) is 0 Å². The van der Waals surface area contributed by atoms with Crippen LogP contribution in [0.4, 0.5) is 0 Å². The first-order valence-electron chi connectivity index (χ1n) is 9.81. The molecular weight excluding hydrogens is 394 g/mol. The number of likely N-dealkylation sites (tertiary alicyclic amines) is 1. The van der Waals surface area contributed by atoms with Gasteiger partial charge in [0, 0.05) is 43.7 Å². The van der Waals surface area contributed by atoms with Gasteiger partial charge in [-0.15, -0.1) is 0 Å². The molecule has 0 aliphatic carbocycles. The second kappa shape index (κ2) is 10.2. The number of carbonyl (C=O) groups excluding carboxylic acids is 1. The van der Waals surface area contributed by atoms with Gasteiger partial charge in [0.1, 0.15) is 0 Å². The van der Waals surface area contributed by atoms with E-state index in [9.17, 15) is 4.79 Å². The maximum atomic E-state index is 12.0. The molecule has 0 radical (unpaired) electrons. The van der Waals surface area contributed by atoms with Crippen molar-refractivity contribution in [2.24, 2.45) is 10.9 Å². The Bertz CT molecular complexity index is 854. The fourth-order valence-electron chi connectivity index (χ4n) is 3.34. The van der Waals surface area contributed by atoms with Crippen LogP contribution in [0, 0.1) is 5.92 Å². The minimum absolute atomic E-state index is 0.113. The van der Waals surface area contributed by atoms with Crippen LogP contribution in [0.1, 0.15) is 25.7 Å². The Morgan fingerprint density at radius 3 is 3.10 bits per heavy atom. The molecule has 2 heterocycles. The van der Waals surface area contributed by atoms with Gasteiger partial charge in [-0.3, -0.25) is 9.79 Å². The zero-order chi connectivity index (χ0) is 20.6. The van der Waals surface area contributed by atoms with E-state index in [2.05, 4.69) is 25.3 Å². The van der Waals surface area contributed by atoms with Crippen LogP contribution < -0.4 is 5.32 Å². The predicted octanol–water partition coefficient (Wildman–Crippen LogP) is 2.78. The molecule has 0 spiro atoms. The number of aromatic nitrogens is 2. The molecule has 156 valence electrons. The van der Waals surface area contributed by atoms with Gasteiger partial charge in [-0.2, -0.15) is 4.98 Å². The summed E-state index contributed by atoms with van der Waals surface area (Å²) in [6.45, 7) is 4.29. The first kappa shape index (κ1) is 21.1. The summed E-state index contributed by atoms with van der Waals surface area (Å²) in [5.41, 5.74) is 0.814. The van der Waals surface area contributed by atoms with Gasteiger partial charge in [-0.25, -0.2) is 0 Å². The molecule has 1 atom stereocenters. The lowest BCUT2D eigenvalue weighted by Crippen LogP contribution is -2.48. The minimum atomic E-state index is -0.132. The Kier molecular flexibility index (Phi) is 7.46. The van der Waals surface area contributed by atoms with Crippen LogP contribution in [-0.2, 0) is 16.0 Å². The fourth-order valence-corrected chi connectivity index (χ4v) is 3.53.